The summed E-state index contributed by atoms with van der Waals surface area (Å²) in [6, 6.07) is 4.81. The number of Topliss-reactive ketones (excluding diaryl/α,β-unsaturated/α-hetero) is 1. The molecule has 0 atom stereocenters. The predicted octanol–water partition coefficient (Wildman–Crippen LogP) is 2.74. The van der Waals surface area contributed by atoms with E-state index < -0.39 is 23.3 Å². The van der Waals surface area contributed by atoms with E-state index in [9.17, 15) is 18.4 Å². The number of benzene rings is 1. The van der Waals surface area contributed by atoms with Gasteiger partial charge in [0, 0.05) is 17.8 Å². The minimum atomic E-state index is -1.17. The molecule has 1 aliphatic heterocycles. The highest BCUT2D eigenvalue weighted by atomic mass is 35.5. The van der Waals surface area contributed by atoms with E-state index in [4.69, 9.17) is 11.6 Å². The first-order valence-electron chi connectivity index (χ1n) is 5.93. The van der Waals surface area contributed by atoms with Crippen molar-refractivity contribution in [1.29, 1.82) is 0 Å². The number of carbonyl (C=O) groups is 2. The van der Waals surface area contributed by atoms with Gasteiger partial charge in [-0.3, -0.25) is 9.59 Å². The SMILES string of the molecule is O=C1C(=O)N(Cc2cccnc2Cl)c2cc(F)c(F)cc21. The fraction of sp³-hybridized carbons (Fsp3) is 0.0714. The van der Waals surface area contributed by atoms with E-state index in [0.717, 1.165) is 17.0 Å². The van der Waals surface area contributed by atoms with Crippen molar-refractivity contribution in [2.75, 3.05) is 4.90 Å². The maximum Gasteiger partial charge on any atom is 0.299 e. The second kappa shape index (κ2) is 4.89. The molecule has 0 unspecified atom stereocenters. The van der Waals surface area contributed by atoms with Gasteiger partial charge in [-0.1, -0.05) is 17.7 Å². The highest BCUT2D eigenvalue weighted by Gasteiger charge is 2.37. The van der Waals surface area contributed by atoms with E-state index in [1.54, 1.807) is 12.1 Å². The van der Waals surface area contributed by atoms with E-state index in [2.05, 4.69) is 4.98 Å². The summed E-state index contributed by atoms with van der Waals surface area (Å²) in [5.74, 6) is -4.02. The Hall–Kier alpha value is -2.34. The van der Waals surface area contributed by atoms with Gasteiger partial charge >= 0.3 is 0 Å². The lowest BCUT2D eigenvalue weighted by Crippen LogP contribution is -2.29. The van der Waals surface area contributed by atoms with Crippen molar-refractivity contribution >= 4 is 29.0 Å². The Morgan fingerprint density at radius 1 is 1.19 bits per heavy atom. The van der Waals surface area contributed by atoms with Crippen LogP contribution in [0.25, 0.3) is 0 Å². The van der Waals surface area contributed by atoms with Gasteiger partial charge in [-0.15, -0.1) is 0 Å². The lowest BCUT2D eigenvalue weighted by molar-refractivity contribution is -0.114. The van der Waals surface area contributed by atoms with Crippen LogP contribution in [0.2, 0.25) is 5.15 Å². The third-order valence-electron chi connectivity index (χ3n) is 3.18. The quantitative estimate of drug-likeness (QED) is 0.633. The molecule has 106 valence electrons. The number of anilines is 1. The van der Waals surface area contributed by atoms with E-state index in [1.165, 1.54) is 6.20 Å². The first-order valence-corrected chi connectivity index (χ1v) is 6.31. The lowest BCUT2D eigenvalue weighted by atomic mass is 10.1. The number of amides is 1. The molecule has 0 saturated carbocycles. The normalized spacial score (nSPS) is 13.8. The van der Waals surface area contributed by atoms with Crippen LogP contribution < -0.4 is 4.90 Å². The van der Waals surface area contributed by atoms with Crippen LogP contribution in [-0.2, 0) is 11.3 Å². The molecule has 4 nitrogen and oxygen atoms in total. The summed E-state index contributed by atoms with van der Waals surface area (Å²) in [4.78, 5) is 28.7. The summed E-state index contributed by atoms with van der Waals surface area (Å²) in [7, 11) is 0. The molecule has 0 radical (unpaired) electrons. The molecule has 21 heavy (non-hydrogen) atoms. The van der Waals surface area contributed by atoms with Gasteiger partial charge in [0.15, 0.2) is 11.6 Å². The molecule has 0 N–H and O–H groups in total. The summed E-state index contributed by atoms with van der Waals surface area (Å²) in [6.45, 7) is -0.0463. The van der Waals surface area contributed by atoms with Gasteiger partial charge in [0.2, 0.25) is 0 Å². The average Bonchev–Trinajstić information content (AvgIpc) is 2.67. The first-order chi connectivity index (χ1) is 9.99. The smallest absolute Gasteiger partial charge is 0.299 e. The van der Waals surface area contributed by atoms with Gasteiger partial charge in [0.1, 0.15) is 5.15 Å². The number of hydrogen-bond acceptors (Lipinski definition) is 3. The van der Waals surface area contributed by atoms with Gasteiger partial charge in [-0.25, -0.2) is 13.8 Å². The van der Waals surface area contributed by atoms with Gasteiger partial charge in [0.05, 0.1) is 17.8 Å². The maximum atomic E-state index is 13.4. The third kappa shape index (κ3) is 2.17. The number of nitrogens with zero attached hydrogens (tertiary/aromatic N) is 2. The molecule has 0 bridgehead atoms. The van der Waals surface area contributed by atoms with Crippen LogP contribution in [0.1, 0.15) is 15.9 Å². The van der Waals surface area contributed by atoms with E-state index in [0.29, 0.717) is 5.56 Å². The second-order valence-corrected chi connectivity index (χ2v) is 4.82. The zero-order valence-corrected chi connectivity index (χ0v) is 11.2. The van der Waals surface area contributed by atoms with Crippen molar-refractivity contribution in [1.82, 2.24) is 4.98 Å². The molecule has 7 heteroatoms. The molecular formula is C14H7ClF2N2O2. The highest BCUT2D eigenvalue weighted by molar-refractivity contribution is 6.52. The predicted molar refractivity (Wildman–Crippen MR) is 71.1 cm³/mol. The molecule has 1 aromatic carbocycles. The molecule has 0 spiro atoms. The van der Waals surface area contributed by atoms with E-state index in [1.807, 2.05) is 0 Å². The summed E-state index contributed by atoms with van der Waals surface area (Å²) in [6.07, 6.45) is 1.48. The topological polar surface area (TPSA) is 50.3 Å². The van der Waals surface area contributed by atoms with Gasteiger partial charge < -0.3 is 4.90 Å². The molecule has 3 rings (SSSR count). The molecule has 2 aromatic rings. The number of fused-ring (bicyclic) bond motifs is 1. The third-order valence-corrected chi connectivity index (χ3v) is 3.52. The fourth-order valence-corrected chi connectivity index (χ4v) is 2.33. The molecule has 0 aliphatic carbocycles. The number of aromatic nitrogens is 1. The van der Waals surface area contributed by atoms with Crippen LogP contribution in [-0.4, -0.2) is 16.7 Å². The molecule has 2 heterocycles. The number of pyridine rings is 1. The zero-order valence-electron chi connectivity index (χ0n) is 10.4. The van der Waals surface area contributed by atoms with Crippen molar-refractivity contribution in [3.05, 3.63) is 58.4 Å². The largest absolute Gasteiger partial charge is 0.300 e. The zero-order chi connectivity index (χ0) is 15.1. The van der Waals surface area contributed by atoms with Crippen molar-refractivity contribution in [3.8, 4) is 0 Å². The van der Waals surface area contributed by atoms with Crippen LogP contribution in [0, 0.1) is 11.6 Å². The summed E-state index contributed by atoms with van der Waals surface area (Å²) in [5.41, 5.74) is 0.376. The fourth-order valence-electron chi connectivity index (χ4n) is 2.15. The van der Waals surface area contributed by atoms with Crippen molar-refractivity contribution < 1.29 is 18.4 Å². The Kier molecular flexibility index (Phi) is 3.17. The van der Waals surface area contributed by atoms with Gasteiger partial charge in [-0.05, 0) is 12.1 Å². The summed E-state index contributed by atoms with van der Waals surface area (Å²) < 4.78 is 26.6. The minimum Gasteiger partial charge on any atom is -0.300 e. The highest BCUT2D eigenvalue weighted by Crippen LogP contribution is 2.32. The standard InChI is InChI=1S/C14H7ClF2N2O2/c15-13-7(2-1-3-18-13)6-19-11-5-10(17)9(16)4-8(11)12(20)14(19)21/h1-5H,6H2. The number of carbonyl (C=O) groups excluding carboxylic acids is 2. The van der Waals surface area contributed by atoms with Crippen molar-refractivity contribution in [2.24, 2.45) is 0 Å². The second-order valence-electron chi connectivity index (χ2n) is 4.46. The number of ketones is 1. The maximum absolute atomic E-state index is 13.4. The summed E-state index contributed by atoms with van der Waals surface area (Å²) >= 11 is 5.90. The Labute approximate surface area is 123 Å². The Bertz CT molecular complexity index is 780. The Morgan fingerprint density at radius 3 is 2.62 bits per heavy atom. The average molecular weight is 309 g/mol. The lowest BCUT2D eigenvalue weighted by Gasteiger charge is -2.17. The molecule has 1 aromatic heterocycles. The summed E-state index contributed by atoms with van der Waals surface area (Å²) in [5, 5.41) is 0.175. The monoisotopic (exact) mass is 308 g/mol. The van der Waals surface area contributed by atoms with Crippen molar-refractivity contribution in [3.63, 3.8) is 0 Å². The molecular weight excluding hydrogens is 302 g/mol. The van der Waals surface area contributed by atoms with Crippen LogP contribution >= 0.6 is 11.6 Å². The molecule has 0 fully saturated rings. The van der Waals surface area contributed by atoms with Crippen LogP contribution in [0.3, 0.4) is 0 Å². The van der Waals surface area contributed by atoms with Crippen molar-refractivity contribution in [2.45, 2.75) is 6.54 Å². The molecule has 1 aliphatic rings. The Balaban J connectivity index is 2.06. The van der Waals surface area contributed by atoms with E-state index >= 15 is 0 Å². The van der Waals surface area contributed by atoms with Crippen LogP contribution in [0.15, 0.2) is 30.5 Å². The Morgan fingerprint density at radius 2 is 1.90 bits per heavy atom. The molecule has 1 amide bonds. The number of halogens is 3. The number of rotatable bonds is 2. The van der Waals surface area contributed by atoms with Crippen LogP contribution in [0.5, 0.6) is 0 Å². The van der Waals surface area contributed by atoms with E-state index in [-0.39, 0.29) is 22.9 Å². The first kappa shape index (κ1) is 13.6. The number of hydrogen-bond donors (Lipinski definition) is 0. The van der Waals surface area contributed by atoms with Gasteiger partial charge in [-0.2, -0.15) is 0 Å². The molecule has 0 saturated heterocycles. The van der Waals surface area contributed by atoms with Crippen LogP contribution in [0.4, 0.5) is 14.5 Å². The minimum absolute atomic E-state index is 0.0313. The van der Waals surface area contributed by atoms with Gasteiger partial charge in [0.25, 0.3) is 11.7 Å².